The normalized spacial score (nSPS) is 22.0. The highest BCUT2D eigenvalue weighted by Gasteiger charge is 2.42. The van der Waals surface area contributed by atoms with Gasteiger partial charge in [0.15, 0.2) is 0 Å². The van der Waals surface area contributed by atoms with Crippen molar-refractivity contribution in [3.63, 3.8) is 0 Å². The summed E-state index contributed by atoms with van der Waals surface area (Å²) in [6.07, 6.45) is 4.33. The lowest BCUT2D eigenvalue weighted by Gasteiger charge is -2.08. The van der Waals surface area contributed by atoms with Crippen molar-refractivity contribution in [1.82, 2.24) is 9.55 Å². The standard InChI is InChI=1S/C14H16N2O/c1-9-15-12-8-10(14(17)6-7-14)2-5-13(12)16(9)11-3-4-11/h2,5,8,11,17H,3-4,6-7H2,1H3. The molecule has 1 N–H and O–H groups in total. The summed E-state index contributed by atoms with van der Waals surface area (Å²) in [5, 5.41) is 10.1. The molecule has 0 radical (unpaired) electrons. The third-order valence-corrected chi connectivity index (χ3v) is 4.04. The average Bonchev–Trinajstić information content (AvgIpc) is 3.20. The van der Waals surface area contributed by atoms with Crippen LogP contribution in [-0.2, 0) is 5.60 Å². The molecular formula is C14H16N2O. The van der Waals surface area contributed by atoms with Gasteiger partial charge in [-0.05, 0) is 50.3 Å². The van der Waals surface area contributed by atoms with Crippen molar-refractivity contribution in [2.75, 3.05) is 0 Å². The minimum atomic E-state index is -0.550. The van der Waals surface area contributed by atoms with E-state index in [0.29, 0.717) is 6.04 Å². The fourth-order valence-electron chi connectivity index (χ4n) is 2.71. The number of imidazole rings is 1. The Balaban J connectivity index is 1.91. The van der Waals surface area contributed by atoms with Crippen LogP contribution in [0.25, 0.3) is 11.0 Å². The third kappa shape index (κ3) is 1.35. The highest BCUT2D eigenvalue weighted by Crippen LogP contribution is 2.46. The van der Waals surface area contributed by atoms with Gasteiger partial charge in [0.2, 0.25) is 0 Å². The summed E-state index contributed by atoms with van der Waals surface area (Å²) in [5.74, 6) is 1.10. The van der Waals surface area contributed by atoms with E-state index in [1.54, 1.807) is 0 Å². The summed E-state index contributed by atoms with van der Waals surface area (Å²) in [6.45, 7) is 2.07. The molecule has 0 bridgehead atoms. The van der Waals surface area contributed by atoms with Crippen molar-refractivity contribution in [3.05, 3.63) is 29.6 Å². The number of hydrogen-bond acceptors (Lipinski definition) is 2. The fourth-order valence-corrected chi connectivity index (χ4v) is 2.71. The van der Waals surface area contributed by atoms with Gasteiger partial charge < -0.3 is 9.67 Å². The Morgan fingerprint density at radius 1 is 1.35 bits per heavy atom. The zero-order valence-electron chi connectivity index (χ0n) is 9.98. The summed E-state index contributed by atoms with van der Waals surface area (Å²) >= 11 is 0. The molecule has 0 spiro atoms. The maximum absolute atomic E-state index is 10.1. The maximum atomic E-state index is 10.1. The molecule has 0 aliphatic heterocycles. The molecule has 1 aromatic heterocycles. The number of fused-ring (bicyclic) bond motifs is 1. The first-order valence-electron chi connectivity index (χ1n) is 6.39. The predicted octanol–water partition coefficient (Wildman–Crippen LogP) is 2.66. The van der Waals surface area contributed by atoms with Gasteiger partial charge in [-0.1, -0.05) is 6.07 Å². The molecule has 17 heavy (non-hydrogen) atoms. The number of aliphatic hydroxyl groups is 1. The molecule has 2 aliphatic rings. The summed E-state index contributed by atoms with van der Waals surface area (Å²) in [7, 11) is 0. The number of benzene rings is 1. The first-order valence-corrected chi connectivity index (χ1v) is 6.39. The molecule has 0 atom stereocenters. The minimum absolute atomic E-state index is 0.550. The number of aromatic nitrogens is 2. The number of hydrogen-bond donors (Lipinski definition) is 1. The zero-order chi connectivity index (χ0) is 11.6. The Labute approximate surface area is 100 Å². The van der Waals surface area contributed by atoms with Crippen LogP contribution in [0, 0.1) is 6.92 Å². The maximum Gasteiger partial charge on any atom is 0.106 e. The molecule has 4 rings (SSSR count). The van der Waals surface area contributed by atoms with E-state index < -0.39 is 5.60 Å². The molecule has 0 amide bonds. The third-order valence-electron chi connectivity index (χ3n) is 4.04. The van der Waals surface area contributed by atoms with E-state index in [4.69, 9.17) is 0 Å². The molecule has 2 saturated carbocycles. The highest BCUT2D eigenvalue weighted by atomic mass is 16.3. The lowest BCUT2D eigenvalue weighted by Crippen LogP contribution is -2.03. The van der Waals surface area contributed by atoms with Crippen LogP contribution in [0.4, 0.5) is 0 Å². The lowest BCUT2D eigenvalue weighted by atomic mass is 10.1. The van der Waals surface area contributed by atoms with Gasteiger partial charge in [-0.15, -0.1) is 0 Å². The SMILES string of the molecule is Cc1nc2cc(C3(O)CC3)ccc2n1C1CC1. The Kier molecular flexibility index (Phi) is 1.65. The van der Waals surface area contributed by atoms with Crippen LogP contribution in [0.1, 0.15) is 43.1 Å². The molecule has 2 fully saturated rings. The Bertz CT molecular complexity index is 606. The van der Waals surface area contributed by atoms with E-state index in [1.165, 1.54) is 18.4 Å². The average molecular weight is 228 g/mol. The van der Waals surface area contributed by atoms with Gasteiger partial charge in [0, 0.05) is 6.04 Å². The molecule has 0 unspecified atom stereocenters. The molecule has 1 aromatic carbocycles. The van der Waals surface area contributed by atoms with Crippen molar-refractivity contribution < 1.29 is 5.11 Å². The Hall–Kier alpha value is -1.35. The zero-order valence-corrected chi connectivity index (χ0v) is 9.98. The molecule has 3 heteroatoms. The van der Waals surface area contributed by atoms with E-state index >= 15 is 0 Å². The van der Waals surface area contributed by atoms with E-state index in [9.17, 15) is 5.11 Å². The summed E-state index contributed by atoms with van der Waals surface area (Å²) in [4.78, 5) is 4.63. The van der Waals surface area contributed by atoms with Crippen LogP contribution in [0.2, 0.25) is 0 Å². The molecule has 3 nitrogen and oxygen atoms in total. The molecule has 0 saturated heterocycles. The number of rotatable bonds is 2. The second-order valence-electron chi connectivity index (χ2n) is 5.50. The smallest absolute Gasteiger partial charge is 0.106 e. The molecular weight excluding hydrogens is 212 g/mol. The van der Waals surface area contributed by atoms with Crippen LogP contribution in [-0.4, -0.2) is 14.7 Å². The van der Waals surface area contributed by atoms with Gasteiger partial charge >= 0.3 is 0 Å². The van der Waals surface area contributed by atoms with Crippen molar-refractivity contribution in [1.29, 1.82) is 0 Å². The predicted molar refractivity (Wildman–Crippen MR) is 65.9 cm³/mol. The van der Waals surface area contributed by atoms with E-state index in [0.717, 1.165) is 29.7 Å². The van der Waals surface area contributed by atoms with Crippen molar-refractivity contribution in [2.24, 2.45) is 0 Å². The van der Waals surface area contributed by atoms with E-state index in [-0.39, 0.29) is 0 Å². The molecule has 88 valence electrons. The van der Waals surface area contributed by atoms with Crippen molar-refractivity contribution >= 4 is 11.0 Å². The topological polar surface area (TPSA) is 38.1 Å². The monoisotopic (exact) mass is 228 g/mol. The van der Waals surface area contributed by atoms with E-state index in [1.807, 2.05) is 0 Å². The summed E-state index contributed by atoms with van der Waals surface area (Å²) in [6, 6.07) is 6.91. The van der Waals surface area contributed by atoms with Gasteiger partial charge in [-0.2, -0.15) is 0 Å². The van der Waals surface area contributed by atoms with Crippen LogP contribution >= 0.6 is 0 Å². The van der Waals surface area contributed by atoms with Crippen LogP contribution in [0.3, 0.4) is 0 Å². The largest absolute Gasteiger partial charge is 0.385 e. The Morgan fingerprint density at radius 3 is 2.76 bits per heavy atom. The number of nitrogens with zero attached hydrogens (tertiary/aromatic N) is 2. The van der Waals surface area contributed by atoms with Gasteiger partial charge in [0.1, 0.15) is 5.82 Å². The quantitative estimate of drug-likeness (QED) is 0.858. The van der Waals surface area contributed by atoms with Gasteiger partial charge in [-0.25, -0.2) is 4.98 Å². The van der Waals surface area contributed by atoms with Crippen LogP contribution in [0.5, 0.6) is 0 Å². The van der Waals surface area contributed by atoms with Crippen molar-refractivity contribution in [3.8, 4) is 0 Å². The minimum Gasteiger partial charge on any atom is -0.385 e. The van der Waals surface area contributed by atoms with Gasteiger partial charge in [0.05, 0.1) is 16.6 Å². The van der Waals surface area contributed by atoms with Crippen LogP contribution in [0.15, 0.2) is 18.2 Å². The van der Waals surface area contributed by atoms with Crippen molar-refractivity contribution in [2.45, 2.75) is 44.2 Å². The van der Waals surface area contributed by atoms with E-state index in [2.05, 4.69) is 34.7 Å². The summed E-state index contributed by atoms with van der Waals surface area (Å²) < 4.78 is 2.34. The molecule has 2 aromatic rings. The Morgan fingerprint density at radius 2 is 2.12 bits per heavy atom. The molecule has 2 aliphatic carbocycles. The highest BCUT2D eigenvalue weighted by molar-refractivity contribution is 5.77. The first-order chi connectivity index (χ1) is 8.17. The first kappa shape index (κ1) is 9.66. The summed E-state index contributed by atoms with van der Waals surface area (Å²) in [5.41, 5.74) is 2.74. The molecule has 1 heterocycles. The number of aryl methyl sites for hydroxylation is 1. The second-order valence-corrected chi connectivity index (χ2v) is 5.50. The second kappa shape index (κ2) is 2.91. The fraction of sp³-hybridized carbons (Fsp3) is 0.500. The lowest BCUT2D eigenvalue weighted by molar-refractivity contribution is 0.151. The van der Waals surface area contributed by atoms with Gasteiger partial charge in [0.25, 0.3) is 0 Å². The van der Waals surface area contributed by atoms with Crippen LogP contribution < -0.4 is 0 Å². The van der Waals surface area contributed by atoms with Gasteiger partial charge in [-0.3, -0.25) is 0 Å².